The molecule has 0 aromatic carbocycles. The van der Waals surface area contributed by atoms with E-state index >= 15 is 0 Å². The number of carbonyl (C=O) groups excluding carboxylic acids is 2. The average molecular weight is 337 g/mol. The average Bonchev–Trinajstić information content (AvgIpc) is 2.75. The normalized spacial score (nSPS) is 12.6. The second-order valence-electron chi connectivity index (χ2n) is 3.74. The zero-order valence-electron chi connectivity index (χ0n) is 10.6. The SMILES string of the molecule is CC(=O)Nc1nnc(S(=O)(=O)NC(CC(N)=O)C(=O)O)s1. The first-order chi connectivity index (χ1) is 9.61. The molecule has 0 spiro atoms. The molecule has 0 radical (unpaired) electrons. The number of carbonyl (C=O) groups is 3. The van der Waals surface area contributed by atoms with Gasteiger partial charge in [0.25, 0.3) is 10.0 Å². The summed E-state index contributed by atoms with van der Waals surface area (Å²) in [5, 5.41) is 17.7. The number of anilines is 1. The van der Waals surface area contributed by atoms with Gasteiger partial charge in [0.05, 0.1) is 6.42 Å². The van der Waals surface area contributed by atoms with Crippen molar-refractivity contribution in [3.05, 3.63) is 0 Å². The molecule has 0 aliphatic carbocycles. The van der Waals surface area contributed by atoms with Crippen LogP contribution in [0.25, 0.3) is 0 Å². The minimum Gasteiger partial charge on any atom is -0.480 e. The van der Waals surface area contributed by atoms with Crippen LogP contribution in [0.3, 0.4) is 0 Å². The van der Waals surface area contributed by atoms with Crippen molar-refractivity contribution in [2.24, 2.45) is 5.73 Å². The number of carboxylic acid groups (broad SMARTS) is 1. The Balaban J connectivity index is 2.94. The van der Waals surface area contributed by atoms with Crippen molar-refractivity contribution in [2.45, 2.75) is 23.7 Å². The second-order valence-corrected chi connectivity index (χ2v) is 6.60. The Morgan fingerprint density at radius 2 is 2.00 bits per heavy atom. The lowest BCUT2D eigenvalue weighted by atomic mass is 10.2. The van der Waals surface area contributed by atoms with Gasteiger partial charge in [-0.1, -0.05) is 11.3 Å². The highest BCUT2D eigenvalue weighted by Gasteiger charge is 2.29. The molecule has 13 heteroatoms. The molecule has 1 unspecified atom stereocenters. The third kappa shape index (κ3) is 5.05. The van der Waals surface area contributed by atoms with Crippen molar-refractivity contribution in [1.82, 2.24) is 14.9 Å². The van der Waals surface area contributed by atoms with E-state index in [0.29, 0.717) is 11.3 Å². The number of carboxylic acids is 1. The van der Waals surface area contributed by atoms with Crippen LogP contribution in [0.5, 0.6) is 0 Å². The van der Waals surface area contributed by atoms with Crippen molar-refractivity contribution < 1.29 is 27.9 Å². The van der Waals surface area contributed by atoms with E-state index in [1.54, 1.807) is 4.72 Å². The number of aromatic nitrogens is 2. The van der Waals surface area contributed by atoms with Crippen LogP contribution in [-0.4, -0.2) is 47.5 Å². The topological polar surface area (TPSA) is 181 Å². The van der Waals surface area contributed by atoms with Gasteiger partial charge in [-0.2, -0.15) is 4.72 Å². The van der Waals surface area contributed by atoms with E-state index in [4.69, 9.17) is 10.8 Å². The molecule has 1 rings (SSSR count). The number of amides is 2. The molecule has 0 saturated carbocycles. The monoisotopic (exact) mass is 337 g/mol. The maximum absolute atomic E-state index is 11.9. The molecule has 11 nitrogen and oxygen atoms in total. The summed E-state index contributed by atoms with van der Waals surface area (Å²) >= 11 is 0.527. The minimum absolute atomic E-state index is 0.0651. The van der Waals surface area contributed by atoms with Crippen LogP contribution in [0.1, 0.15) is 13.3 Å². The fourth-order valence-electron chi connectivity index (χ4n) is 1.14. The van der Waals surface area contributed by atoms with Gasteiger partial charge in [-0.25, -0.2) is 8.42 Å². The van der Waals surface area contributed by atoms with Gasteiger partial charge in [-0.3, -0.25) is 14.4 Å². The Morgan fingerprint density at radius 1 is 1.38 bits per heavy atom. The summed E-state index contributed by atoms with van der Waals surface area (Å²) in [5.41, 5.74) is 4.84. The van der Waals surface area contributed by atoms with Crippen molar-refractivity contribution in [1.29, 1.82) is 0 Å². The van der Waals surface area contributed by atoms with Crippen LogP contribution < -0.4 is 15.8 Å². The number of nitrogens with one attached hydrogen (secondary N) is 2. The van der Waals surface area contributed by atoms with E-state index in [-0.39, 0.29) is 5.13 Å². The molecule has 116 valence electrons. The van der Waals surface area contributed by atoms with Crippen molar-refractivity contribution in [3.63, 3.8) is 0 Å². The van der Waals surface area contributed by atoms with E-state index in [2.05, 4.69) is 15.5 Å². The second kappa shape index (κ2) is 6.55. The van der Waals surface area contributed by atoms with Crippen molar-refractivity contribution in [3.8, 4) is 0 Å². The maximum Gasteiger partial charge on any atom is 0.322 e. The third-order valence-electron chi connectivity index (χ3n) is 1.92. The Bertz CT molecular complexity index is 668. The largest absolute Gasteiger partial charge is 0.480 e. The van der Waals surface area contributed by atoms with Crippen molar-refractivity contribution in [2.75, 3.05) is 5.32 Å². The van der Waals surface area contributed by atoms with Gasteiger partial charge >= 0.3 is 5.97 Å². The molecule has 1 aromatic rings. The highest BCUT2D eigenvalue weighted by molar-refractivity contribution is 7.91. The van der Waals surface area contributed by atoms with Gasteiger partial charge in [0.15, 0.2) is 0 Å². The highest BCUT2D eigenvalue weighted by atomic mass is 32.2. The van der Waals surface area contributed by atoms with Crippen LogP contribution in [0, 0.1) is 0 Å². The smallest absolute Gasteiger partial charge is 0.322 e. The molecule has 0 saturated heterocycles. The van der Waals surface area contributed by atoms with Gasteiger partial charge in [0.2, 0.25) is 21.3 Å². The number of primary amides is 1. The summed E-state index contributed by atoms with van der Waals surface area (Å²) in [6.45, 7) is 1.20. The number of nitrogens with two attached hydrogens (primary N) is 1. The summed E-state index contributed by atoms with van der Waals surface area (Å²) in [7, 11) is -4.31. The number of nitrogens with zero attached hydrogens (tertiary/aromatic N) is 2. The first-order valence-corrected chi connectivity index (χ1v) is 7.56. The summed E-state index contributed by atoms with van der Waals surface area (Å²) in [4.78, 5) is 32.4. The lowest BCUT2D eigenvalue weighted by molar-refractivity contribution is -0.140. The zero-order chi connectivity index (χ0) is 16.2. The molecular weight excluding hydrogens is 326 g/mol. The van der Waals surface area contributed by atoms with Gasteiger partial charge in [-0.15, -0.1) is 10.2 Å². The first-order valence-electron chi connectivity index (χ1n) is 5.26. The predicted molar refractivity (Wildman–Crippen MR) is 69.8 cm³/mol. The van der Waals surface area contributed by atoms with Gasteiger partial charge in [0.1, 0.15) is 6.04 Å². The number of sulfonamides is 1. The Morgan fingerprint density at radius 3 is 2.48 bits per heavy atom. The molecule has 0 fully saturated rings. The number of aliphatic carboxylic acids is 1. The Labute approximate surface area is 122 Å². The summed E-state index contributed by atoms with van der Waals surface area (Å²) in [5.74, 6) is -3.02. The standard InChI is InChI=1S/C8H11N5O6S2/c1-3(14)10-7-11-12-8(20-7)21(18,19)13-4(6(16)17)2-5(9)15/h4,13H,2H2,1H3,(H2,9,15)(H,16,17)(H,10,11,14). The highest BCUT2D eigenvalue weighted by Crippen LogP contribution is 2.20. The zero-order valence-corrected chi connectivity index (χ0v) is 12.2. The van der Waals surface area contributed by atoms with Crippen LogP contribution in [-0.2, 0) is 24.4 Å². The summed E-state index contributed by atoms with van der Waals surface area (Å²) in [6.07, 6.45) is -0.716. The lowest BCUT2D eigenvalue weighted by Gasteiger charge is -2.11. The van der Waals surface area contributed by atoms with E-state index in [1.165, 1.54) is 6.92 Å². The van der Waals surface area contributed by atoms with Crippen LogP contribution in [0.2, 0.25) is 0 Å². The van der Waals surface area contributed by atoms with Crippen LogP contribution >= 0.6 is 11.3 Å². The van der Waals surface area contributed by atoms with Crippen molar-refractivity contribution >= 4 is 44.3 Å². The number of hydrogen-bond donors (Lipinski definition) is 4. The quantitative estimate of drug-likeness (QED) is 0.416. The number of rotatable bonds is 7. The van der Waals surface area contributed by atoms with E-state index in [0.717, 1.165) is 0 Å². The maximum atomic E-state index is 11.9. The van der Waals surface area contributed by atoms with E-state index in [1.807, 2.05) is 0 Å². The molecule has 2 amide bonds. The summed E-state index contributed by atoms with van der Waals surface area (Å²) < 4.78 is 25.0. The van der Waals surface area contributed by atoms with E-state index in [9.17, 15) is 22.8 Å². The predicted octanol–water partition coefficient (Wildman–Crippen LogP) is -1.90. The molecule has 1 aromatic heterocycles. The van der Waals surface area contributed by atoms with Gasteiger partial charge in [0, 0.05) is 6.92 Å². The Kier molecular flexibility index (Phi) is 5.28. The van der Waals surface area contributed by atoms with E-state index < -0.39 is 44.6 Å². The fourth-order valence-corrected chi connectivity index (χ4v) is 3.29. The molecule has 1 heterocycles. The van der Waals surface area contributed by atoms with Gasteiger partial charge in [-0.05, 0) is 0 Å². The molecule has 0 bridgehead atoms. The molecule has 1 atom stereocenters. The third-order valence-corrected chi connectivity index (χ3v) is 4.60. The Hall–Kier alpha value is -2.12. The molecule has 0 aliphatic rings. The van der Waals surface area contributed by atoms with Crippen LogP contribution in [0.4, 0.5) is 5.13 Å². The summed E-state index contributed by atoms with van der Waals surface area (Å²) in [6, 6.07) is -1.72. The molecule has 5 N–H and O–H groups in total. The fraction of sp³-hybridized carbons (Fsp3) is 0.375. The lowest BCUT2D eigenvalue weighted by Crippen LogP contribution is -2.43. The first kappa shape index (κ1) is 16.9. The van der Waals surface area contributed by atoms with Gasteiger partial charge < -0.3 is 16.2 Å². The number of hydrogen-bond acceptors (Lipinski definition) is 8. The molecule has 21 heavy (non-hydrogen) atoms. The minimum atomic E-state index is -4.31. The molecule has 0 aliphatic heterocycles. The van der Waals surface area contributed by atoms with Crippen LogP contribution in [0.15, 0.2) is 4.34 Å². The molecular formula is C8H11N5O6S2.